The number of aromatic hydroxyl groups is 1. The highest BCUT2D eigenvalue weighted by molar-refractivity contribution is 7.85. The van der Waals surface area contributed by atoms with Gasteiger partial charge in [-0.2, -0.15) is 18.0 Å². The molecule has 0 radical (unpaired) electrons. The Labute approximate surface area is 447 Å². The van der Waals surface area contributed by atoms with Crippen LogP contribution in [0.1, 0.15) is 59.9 Å². The monoisotopic (exact) mass is 1080 g/mol. The molecule has 0 spiro atoms. The number of carbonyl (C=O) groups is 4. The van der Waals surface area contributed by atoms with Gasteiger partial charge in [-0.3, -0.25) is 28.7 Å². The Balaban J connectivity index is 0.766. The van der Waals surface area contributed by atoms with Gasteiger partial charge in [-0.15, -0.1) is 0 Å². The first-order valence-electron chi connectivity index (χ1n) is 24.8. The van der Waals surface area contributed by atoms with Gasteiger partial charge < -0.3 is 46.3 Å². The van der Waals surface area contributed by atoms with Crippen molar-refractivity contribution in [3.05, 3.63) is 165 Å². The lowest BCUT2D eigenvalue weighted by Gasteiger charge is -2.19. The lowest BCUT2D eigenvalue weighted by molar-refractivity contribution is -0.645. The van der Waals surface area contributed by atoms with Gasteiger partial charge in [0.05, 0.1) is 67.0 Å². The van der Waals surface area contributed by atoms with Crippen molar-refractivity contribution < 1.29 is 56.0 Å². The van der Waals surface area contributed by atoms with Crippen LogP contribution in [-0.4, -0.2) is 113 Å². The van der Waals surface area contributed by atoms with Gasteiger partial charge in [0.2, 0.25) is 22.9 Å². The van der Waals surface area contributed by atoms with Gasteiger partial charge in [0.15, 0.2) is 17.7 Å². The minimum Gasteiger partial charge on any atom is -0.508 e. The second-order valence-electron chi connectivity index (χ2n) is 18.1. The Morgan fingerprint density at radius 2 is 1.41 bits per heavy atom. The average molecular weight is 1080 g/mol. The van der Waals surface area contributed by atoms with Crippen LogP contribution in [0.3, 0.4) is 0 Å². The number of aromatic amines is 1. The van der Waals surface area contributed by atoms with Crippen LogP contribution >= 0.6 is 0 Å². The Hall–Kier alpha value is -8.90. The number of nitrogens with zero attached hydrogens (tertiary/aromatic N) is 4. The van der Waals surface area contributed by atoms with E-state index in [-0.39, 0.29) is 94.2 Å². The zero-order chi connectivity index (χ0) is 55.3. The maximum Gasteiger partial charge on any atom is 0.345 e. The zero-order valence-corrected chi connectivity index (χ0v) is 43.4. The highest BCUT2D eigenvalue weighted by Gasteiger charge is 2.27. The van der Waals surface area contributed by atoms with E-state index in [2.05, 4.69) is 41.2 Å². The number of hydrogen-bond donors (Lipinski definition) is 8. The standard InChI is InChI=1S/C55H56N10O12S/c1-33-28-37(29-34(2)48(33)77-54(71)46-41-8-3-5-10-44(41)65(22-7-27-78(72,73)74)45-11-6-4-9-42(45)46)50(67)57-20-23-75-25-26-76-24-21-58-52(69)43(30-35-12-18-40(66)19-13-35)62-51(68)36-14-16-38(17-15-36)59-31-39-32-60-49-47(61-39)53(70)64-55(56)63-49/h3-6,8-19,28-29,32,43H,7,20-27,30-31H2,1-2H3,(H8-,56,57,58,59,60,62,63,64,66,67,68,69,70,72,73,74)/p+1. The van der Waals surface area contributed by atoms with Crippen LogP contribution in [0.25, 0.3) is 33.0 Å². The smallest absolute Gasteiger partial charge is 0.345 e. The summed E-state index contributed by atoms with van der Waals surface area (Å²) in [6, 6.07) is 29.7. The van der Waals surface area contributed by atoms with E-state index in [0.717, 1.165) is 0 Å². The summed E-state index contributed by atoms with van der Waals surface area (Å²) in [5.74, 6) is -1.99. The molecule has 78 heavy (non-hydrogen) atoms. The summed E-state index contributed by atoms with van der Waals surface area (Å²) in [5, 5.41) is 22.6. The number of pyridine rings is 1. The molecule has 8 aromatic rings. The molecule has 3 aromatic heterocycles. The van der Waals surface area contributed by atoms with E-state index in [1.807, 2.05) is 28.8 Å². The molecule has 0 saturated heterocycles. The largest absolute Gasteiger partial charge is 0.508 e. The lowest BCUT2D eigenvalue weighted by atomic mass is 10.0. The maximum atomic E-state index is 14.1. The van der Waals surface area contributed by atoms with E-state index in [9.17, 15) is 42.0 Å². The summed E-state index contributed by atoms with van der Waals surface area (Å²) in [5.41, 5.74) is 10.6. The second kappa shape index (κ2) is 25.3. The van der Waals surface area contributed by atoms with E-state index >= 15 is 0 Å². The van der Waals surface area contributed by atoms with Crippen LogP contribution in [-0.2, 0) is 43.9 Å². The number of aryl methyl sites for hydroxylation is 3. The van der Waals surface area contributed by atoms with E-state index in [4.69, 9.17) is 19.9 Å². The molecular formula is C55H57N10O12S+. The van der Waals surface area contributed by atoms with Gasteiger partial charge in [-0.1, -0.05) is 36.4 Å². The van der Waals surface area contributed by atoms with Gasteiger partial charge >= 0.3 is 5.97 Å². The quantitative estimate of drug-likeness (QED) is 0.0105. The number of hydrogen-bond acceptors (Lipinski definition) is 16. The summed E-state index contributed by atoms with van der Waals surface area (Å²) in [6.45, 7) is 5.08. The van der Waals surface area contributed by atoms with Gasteiger partial charge in [0.1, 0.15) is 17.5 Å². The third kappa shape index (κ3) is 14.3. The summed E-state index contributed by atoms with van der Waals surface area (Å²) in [4.78, 5) is 81.2. The number of esters is 1. The van der Waals surface area contributed by atoms with Gasteiger partial charge in [-0.25, -0.2) is 14.8 Å². The van der Waals surface area contributed by atoms with Crippen molar-refractivity contribution in [3.8, 4) is 11.5 Å². The number of ether oxygens (including phenoxy) is 3. The number of anilines is 2. The number of rotatable bonds is 24. The third-order valence-corrected chi connectivity index (χ3v) is 13.2. The molecule has 404 valence electrons. The highest BCUT2D eigenvalue weighted by Crippen LogP contribution is 2.30. The second-order valence-corrected chi connectivity index (χ2v) is 19.7. The molecule has 23 heteroatoms. The fourth-order valence-corrected chi connectivity index (χ4v) is 9.20. The van der Waals surface area contributed by atoms with E-state index in [0.29, 0.717) is 72.3 Å². The number of amides is 3. The normalized spacial score (nSPS) is 11.8. The molecule has 0 saturated carbocycles. The van der Waals surface area contributed by atoms with Gasteiger partial charge in [-0.05, 0) is 91.2 Å². The fourth-order valence-electron chi connectivity index (χ4n) is 8.70. The highest BCUT2D eigenvalue weighted by atomic mass is 32.2. The first-order chi connectivity index (χ1) is 37.5. The van der Waals surface area contributed by atoms with Crippen LogP contribution in [0.4, 0.5) is 11.6 Å². The molecule has 22 nitrogen and oxygen atoms in total. The number of H-pyrrole nitrogens is 1. The van der Waals surface area contributed by atoms with E-state index in [1.54, 1.807) is 86.6 Å². The van der Waals surface area contributed by atoms with Crippen LogP contribution in [0.2, 0.25) is 0 Å². The number of fused-ring (bicyclic) bond motifs is 3. The number of nitrogens with two attached hydrogens (primary N) is 1. The van der Waals surface area contributed by atoms with Crippen molar-refractivity contribution in [1.29, 1.82) is 0 Å². The molecule has 0 aliphatic heterocycles. The Morgan fingerprint density at radius 3 is 2.05 bits per heavy atom. The molecule has 1 atom stereocenters. The third-order valence-electron chi connectivity index (χ3n) is 12.4. The van der Waals surface area contributed by atoms with E-state index < -0.39 is 45.3 Å². The first-order valence-corrected chi connectivity index (χ1v) is 26.4. The van der Waals surface area contributed by atoms with Crippen molar-refractivity contribution in [2.75, 3.05) is 56.3 Å². The molecule has 3 amide bonds. The van der Waals surface area contributed by atoms with Crippen LogP contribution < -0.4 is 41.9 Å². The fraction of sp³-hybridized carbons (Fsp3) is 0.255. The molecule has 0 aliphatic rings. The lowest BCUT2D eigenvalue weighted by Crippen LogP contribution is -2.48. The number of phenols is 1. The van der Waals surface area contributed by atoms with Gasteiger partial charge in [0, 0.05) is 54.9 Å². The molecule has 5 aromatic carbocycles. The number of phenolic OH excluding ortho intramolecular Hbond substituents is 1. The number of para-hydroxylation sites is 2. The Kier molecular flexibility index (Phi) is 17.9. The van der Waals surface area contributed by atoms with Crippen molar-refractivity contribution in [1.82, 2.24) is 35.9 Å². The molecule has 0 bridgehead atoms. The van der Waals surface area contributed by atoms with Crippen molar-refractivity contribution in [2.24, 2.45) is 0 Å². The maximum absolute atomic E-state index is 14.1. The van der Waals surface area contributed by atoms with Gasteiger partial charge in [0.25, 0.3) is 27.5 Å². The van der Waals surface area contributed by atoms with Crippen LogP contribution in [0.5, 0.6) is 11.5 Å². The number of carbonyl (C=O) groups excluding carboxylic acids is 4. The number of benzene rings is 5. The summed E-state index contributed by atoms with van der Waals surface area (Å²) in [7, 11) is -4.16. The molecule has 0 fully saturated rings. The topological polar surface area (TPSA) is 320 Å². The summed E-state index contributed by atoms with van der Waals surface area (Å²) >= 11 is 0. The predicted octanol–water partition coefficient (Wildman–Crippen LogP) is 4.24. The number of nitrogen functional groups attached to an aromatic ring is 1. The number of aromatic nitrogens is 5. The molecule has 8 rings (SSSR count). The zero-order valence-electron chi connectivity index (χ0n) is 42.6. The minimum atomic E-state index is -4.16. The minimum absolute atomic E-state index is 0.0536. The summed E-state index contributed by atoms with van der Waals surface area (Å²) in [6.07, 6.45) is 1.77. The van der Waals surface area contributed by atoms with Crippen LogP contribution in [0.15, 0.2) is 120 Å². The SMILES string of the molecule is Cc1cc(C(=O)NCCOCCOCCNC(=O)C(Cc2ccc(O)cc2)NC(=O)c2ccc(NCc3cnc4nc(N)[nH]c(=O)c4n3)cc2)cc(C)c1OC(=O)c1c2ccccc2[n+](CCCS(=O)(=O)O)c2ccccc12. The van der Waals surface area contributed by atoms with Crippen molar-refractivity contribution in [2.45, 2.75) is 45.8 Å². The van der Waals surface area contributed by atoms with Crippen molar-refractivity contribution >= 4 is 78.4 Å². The molecule has 0 aliphatic carbocycles. The molecular weight excluding hydrogens is 1020 g/mol. The summed E-state index contributed by atoms with van der Waals surface area (Å²) < 4.78 is 51.6. The van der Waals surface area contributed by atoms with Crippen molar-refractivity contribution in [3.63, 3.8) is 0 Å². The number of nitrogens with one attached hydrogen (secondary N) is 5. The molecule has 9 N–H and O–H groups in total. The first kappa shape index (κ1) is 55.3. The predicted molar refractivity (Wildman–Crippen MR) is 290 cm³/mol. The van der Waals surface area contributed by atoms with Crippen LogP contribution in [0, 0.1) is 13.8 Å². The molecule has 3 heterocycles. The average Bonchev–Trinajstić information content (AvgIpc) is 3.49. The van der Waals surface area contributed by atoms with E-state index in [1.165, 1.54) is 18.3 Å². The Morgan fingerprint density at radius 1 is 0.782 bits per heavy atom. The molecule has 1 unspecified atom stereocenters. The Bertz CT molecular complexity index is 3610.